The largest absolute Gasteiger partial charge is 0.497 e. The number of hydrogen-bond acceptors (Lipinski definition) is 5. The summed E-state index contributed by atoms with van der Waals surface area (Å²) in [4.78, 5) is 14.3. The Bertz CT molecular complexity index is 943. The summed E-state index contributed by atoms with van der Waals surface area (Å²) < 4.78 is 33.0. The Labute approximate surface area is 170 Å². The van der Waals surface area contributed by atoms with E-state index < -0.39 is 15.3 Å². The zero-order valence-electron chi connectivity index (χ0n) is 16.5. The van der Waals surface area contributed by atoms with Crippen molar-refractivity contribution in [1.82, 2.24) is 19.4 Å². The topological polar surface area (TPSA) is 95.6 Å². The number of rotatable bonds is 5. The van der Waals surface area contributed by atoms with E-state index in [1.165, 1.54) is 0 Å². The van der Waals surface area contributed by atoms with Crippen LogP contribution in [0.2, 0.25) is 0 Å². The third-order valence-corrected chi connectivity index (χ3v) is 8.42. The van der Waals surface area contributed by atoms with Crippen LogP contribution in [0.25, 0.3) is 0 Å². The number of ether oxygens (including phenoxy) is 1. The Hall–Kier alpha value is -2.39. The molecule has 0 radical (unpaired) electrons. The lowest BCUT2D eigenvalue weighted by molar-refractivity contribution is 0.0753. The molecule has 8 nitrogen and oxygen atoms in total. The number of amides is 1. The minimum Gasteiger partial charge on any atom is -0.497 e. The van der Waals surface area contributed by atoms with Gasteiger partial charge in [0.15, 0.2) is 0 Å². The Morgan fingerprint density at radius 3 is 2.66 bits per heavy atom. The predicted octanol–water partition coefficient (Wildman–Crippen LogP) is 1.53. The lowest BCUT2D eigenvalue weighted by Crippen LogP contribution is -2.35. The first-order valence-electron chi connectivity index (χ1n) is 9.89. The number of likely N-dealkylation sites (tertiary alicyclic amines) is 1. The number of aromatic amines is 1. The van der Waals surface area contributed by atoms with E-state index in [2.05, 4.69) is 10.2 Å². The smallest absolute Gasteiger partial charge is 0.271 e. The fraction of sp³-hybridized carbons (Fsp3) is 0.500. The van der Waals surface area contributed by atoms with E-state index >= 15 is 0 Å². The summed E-state index contributed by atoms with van der Waals surface area (Å²) in [7, 11) is -1.72. The molecule has 0 bridgehead atoms. The van der Waals surface area contributed by atoms with Crippen LogP contribution in [0.1, 0.15) is 28.9 Å². The van der Waals surface area contributed by atoms with Crippen molar-refractivity contribution in [2.24, 2.45) is 5.92 Å². The lowest BCUT2D eigenvalue weighted by atomic mass is 10.0. The molecular formula is C20H26N4O4S. The normalized spacial score (nSPS) is 24.1. The van der Waals surface area contributed by atoms with Gasteiger partial charge in [-0.3, -0.25) is 9.89 Å². The lowest BCUT2D eigenvalue weighted by Gasteiger charge is -2.21. The number of sulfonamides is 1. The molecule has 1 amide bonds. The molecule has 2 aromatic rings. The van der Waals surface area contributed by atoms with Crippen molar-refractivity contribution in [3.63, 3.8) is 0 Å². The van der Waals surface area contributed by atoms with Gasteiger partial charge in [-0.05, 0) is 48.9 Å². The fourth-order valence-electron chi connectivity index (χ4n) is 4.31. The van der Waals surface area contributed by atoms with Crippen molar-refractivity contribution >= 4 is 15.9 Å². The molecule has 2 aliphatic rings. The van der Waals surface area contributed by atoms with Crippen LogP contribution >= 0.6 is 0 Å². The molecule has 1 aromatic heterocycles. The van der Waals surface area contributed by atoms with E-state index in [4.69, 9.17) is 4.74 Å². The van der Waals surface area contributed by atoms with Crippen molar-refractivity contribution in [1.29, 1.82) is 0 Å². The SMILES string of the molecule is COc1ccc(CCN2C[C@@H]3CCN(C(=O)c4ccn[nH]4)CC[C@@H]3S2(=O)=O)cc1. The number of H-pyrrole nitrogens is 1. The zero-order chi connectivity index (χ0) is 20.4. The molecule has 156 valence electrons. The summed E-state index contributed by atoms with van der Waals surface area (Å²) in [6, 6.07) is 9.37. The maximum Gasteiger partial charge on any atom is 0.271 e. The fourth-order valence-corrected chi connectivity index (χ4v) is 6.55. The van der Waals surface area contributed by atoms with E-state index in [1.807, 2.05) is 24.3 Å². The third kappa shape index (κ3) is 4.02. The number of carbonyl (C=O) groups is 1. The van der Waals surface area contributed by atoms with Gasteiger partial charge >= 0.3 is 0 Å². The molecule has 2 fully saturated rings. The summed E-state index contributed by atoms with van der Waals surface area (Å²) >= 11 is 0. The molecule has 0 spiro atoms. The van der Waals surface area contributed by atoms with Crippen LogP contribution in [0.15, 0.2) is 36.5 Å². The van der Waals surface area contributed by atoms with E-state index in [0.717, 1.165) is 11.3 Å². The van der Waals surface area contributed by atoms with Crippen molar-refractivity contribution in [2.45, 2.75) is 24.5 Å². The number of methoxy groups -OCH3 is 1. The average Bonchev–Trinajstić information content (AvgIpc) is 3.27. The highest BCUT2D eigenvalue weighted by Gasteiger charge is 2.46. The van der Waals surface area contributed by atoms with Crippen molar-refractivity contribution in [3.05, 3.63) is 47.8 Å². The third-order valence-electron chi connectivity index (χ3n) is 5.99. The summed E-state index contributed by atoms with van der Waals surface area (Å²) in [6.45, 7) is 2.04. The number of carbonyl (C=O) groups excluding carboxylic acids is 1. The number of nitrogens with one attached hydrogen (secondary N) is 1. The Balaban J connectivity index is 1.38. The minimum atomic E-state index is -3.35. The summed E-state index contributed by atoms with van der Waals surface area (Å²) in [6.07, 6.45) is 3.40. The Morgan fingerprint density at radius 2 is 1.97 bits per heavy atom. The van der Waals surface area contributed by atoms with Gasteiger partial charge < -0.3 is 9.64 Å². The highest BCUT2D eigenvalue weighted by Crippen LogP contribution is 2.34. The molecule has 4 rings (SSSR count). The maximum atomic E-state index is 13.1. The number of aromatic nitrogens is 2. The van der Waals surface area contributed by atoms with Gasteiger partial charge in [0, 0.05) is 32.4 Å². The quantitative estimate of drug-likeness (QED) is 0.794. The number of fused-ring (bicyclic) bond motifs is 1. The van der Waals surface area contributed by atoms with Gasteiger partial charge in [0.2, 0.25) is 10.0 Å². The van der Waals surface area contributed by atoms with Gasteiger partial charge in [-0.15, -0.1) is 0 Å². The van der Waals surface area contributed by atoms with Crippen LogP contribution in [0.5, 0.6) is 5.75 Å². The standard InChI is InChI=1S/C20H26N4O4S/c1-28-17-4-2-15(3-5-17)7-13-24-14-16-8-11-23(12-9-19(16)29(24,26)27)20(25)18-6-10-21-22-18/h2-6,10,16,19H,7-9,11-14H2,1H3,(H,21,22)/t16-,19-/m0/s1. The molecule has 2 atom stereocenters. The first kappa shape index (κ1) is 19.9. The van der Waals surface area contributed by atoms with Crippen LogP contribution in [0.3, 0.4) is 0 Å². The molecule has 29 heavy (non-hydrogen) atoms. The summed E-state index contributed by atoms with van der Waals surface area (Å²) in [5, 5.41) is 6.11. The maximum absolute atomic E-state index is 13.1. The van der Waals surface area contributed by atoms with Crippen molar-refractivity contribution < 1.29 is 17.9 Å². The zero-order valence-corrected chi connectivity index (χ0v) is 17.3. The highest BCUT2D eigenvalue weighted by molar-refractivity contribution is 7.90. The van der Waals surface area contributed by atoms with Crippen molar-refractivity contribution in [2.75, 3.05) is 33.3 Å². The Morgan fingerprint density at radius 1 is 1.21 bits per heavy atom. The molecule has 1 aromatic carbocycles. The molecule has 3 heterocycles. The number of hydrogen-bond donors (Lipinski definition) is 1. The van der Waals surface area contributed by atoms with Gasteiger partial charge in [0.25, 0.3) is 5.91 Å². The first-order valence-corrected chi connectivity index (χ1v) is 11.4. The minimum absolute atomic E-state index is 0.0652. The molecule has 0 unspecified atom stereocenters. The van der Waals surface area contributed by atoms with E-state index in [9.17, 15) is 13.2 Å². The molecule has 1 N–H and O–H groups in total. The van der Waals surface area contributed by atoms with Crippen molar-refractivity contribution in [3.8, 4) is 5.75 Å². The van der Waals surface area contributed by atoms with Gasteiger partial charge in [-0.25, -0.2) is 12.7 Å². The van der Waals surface area contributed by atoms with Crippen LogP contribution in [0, 0.1) is 5.92 Å². The van der Waals surface area contributed by atoms with Crippen LogP contribution < -0.4 is 4.74 Å². The van der Waals surface area contributed by atoms with Gasteiger partial charge in [-0.1, -0.05) is 12.1 Å². The molecule has 2 saturated heterocycles. The van der Waals surface area contributed by atoms with Gasteiger partial charge in [0.05, 0.1) is 12.4 Å². The molecule has 2 aliphatic heterocycles. The second-order valence-electron chi connectivity index (χ2n) is 7.64. The second-order valence-corrected chi connectivity index (χ2v) is 9.79. The summed E-state index contributed by atoms with van der Waals surface area (Å²) in [5.41, 5.74) is 1.53. The number of benzene rings is 1. The average molecular weight is 419 g/mol. The van der Waals surface area contributed by atoms with Gasteiger partial charge in [-0.2, -0.15) is 5.10 Å². The van der Waals surface area contributed by atoms with Gasteiger partial charge in [0.1, 0.15) is 11.4 Å². The number of nitrogens with zero attached hydrogens (tertiary/aromatic N) is 3. The van der Waals surface area contributed by atoms with E-state index in [0.29, 0.717) is 51.1 Å². The molecule has 0 saturated carbocycles. The highest BCUT2D eigenvalue weighted by atomic mass is 32.2. The van der Waals surface area contributed by atoms with Crippen LogP contribution in [-0.4, -0.2) is 72.3 Å². The summed E-state index contributed by atoms with van der Waals surface area (Å²) in [5.74, 6) is 0.741. The Kier molecular flexibility index (Phi) is 5.60. The monoisotopic (exact) mass is 418 g/mol. The first-order chi connectivity index (χ1) is 14.0. The van der Waals surface area contributed by atoms with Crippen LogP contribution in [0.4, 0.5) is 0 Å². The second kappa shape index (κ2) is 8.16. The molecular weight excluding hydrogens is 392 g/mol. The van der Waals surface area contributed by atoms with E-state index in [-0.39, 0.29) is 11.8 Å². The molecule has 9 heteroatoms. The molecule has 0 aliphatic carbocycles. The van der Waals surface area contributed by atoms with Crippen LogP contribution in [-0.2, 0) is 16.4 Å². The predicted molar refractivity (Wildman–Crippen MR) is 108 cm³/mol. The van der Waals surface area contributed by atoms with E-state index in [1.54, 1.807) is 28.6 Å².